The van der Waals surface area contributed by atoms with E-state index in [-0.39, 0.29) is 0 Å². The van der Waals surface area contributed by atoms with E-state index in [2.05, 4.69) is 15.9 Å². The summed E-state index contributed by atoms with van der Waals surface area (Å²) in [5, 5.41) is 0.587. The van der Waals surface area contributed by atoms with E-state index in [4.69, 9.17) is 22.1 Å². The van der Waals surface area contributed by atoms with E-state index in [1.165, 1.54) is 0 Å². The van der Waals surface area contributed by atoms with Crippen molar-refractivity contribution in [2.24, 2.45) is 5.73 Å². The minimum atomic E-state index is 0.423. The van der Waals surface area contributed by atoms with E-state index in [1.807, 2.05) is 43.3 Å². The van der Waals surface area contributed by atoms with Gasteiger partial charge in [0.05, 0.1) is 5.02 Å². The van der Waals surface area contributed by atoms with Gasteiger partial charge in [-0.2, -0.15) is 0 Å². The van der Waals surface area contributed by atoms with Gasteiger partial charge in [-0.05, 0) is 36.8 Å². The van der Waals surface area contributed by atoms with Gasteiger partial charge in [0, 0.05) is 16.6 Å². The van der Waals surface area contributed by atoms with Crippen molar-refractivity contribution in [3.8, 4) is 11.5 Å². The summed E-state index contributed by atoms with van der Waals surface area (Å²) in [5.41, 5.74) is 7.73. The van der Waals surface area contributed by atoms with Crippen molar-refractivity contribution in [1.29, 1.82) is 0 Å². The minimum Gasteiger partial charge on any atom is -0.455 e. The van der Waals surface area contributed by atoms with E-state index in [1.54, 1.807) is 0 Å². The highest BCUT2D eigenvalue weighted by Gasteiger charge is 2.08. The van der Waals surface area contributed by atoms with Gasteiger partial charge in [0.2, 0.25) is 0 Å². The molecule has 0 aliphatic carbocycles. The van der Waals surface area contributed by atoms with Crippen LogP contribution in [0.2, 0.25) is 5.02 Å². The van der Waals surface area contributed by atoms with Crippen LogP contribution in [0.25, 0.3) is 0 Å². The van der Waals surface area contributed by atoms with Crippen LogP contribution in [-0.2, 0) is 6.54 Å². The molecular formula is C14H13BrClNO. The van der Waals surface area contributed by atoms with Gasteiger partial charge in [-0.3, -0.25) is 0 Å². The molecule has 0 saturated heterocycles. The highest BCUT2D eigenvalue weighted by atomic mass is 79.9. The lowest BCUT2D eigenvalue weighted by atomic mass is 10.2. The number of hydrogen-bond donors (Lipinski definition) is 1. The average molecular weight is 327 g/mol. The summed E-state index contributed by atoms with van der Waals surface area (Å²) in [7, 11) is 0. The molecule has 2 aromatic carbocycles. The Bertz CT molecular complexity index is 572. The van der Waals surface area contributed by atoms with Crippen LogP contribution in [0.3, 0.4) is 0 Å². The van der Waals surface area contributed by atoms with Gasteiger partial charge in [-0.1, -0.05) is 39.7 Å². The first-order valence-electron chi connectivity index (χ1n) is 5.52. The Morgan fingerprint density at radius 2 is 1.94 bits per heavy atom. The maximum absolute atomic E-state index is 6.11. The van der Waals surface area contributed by atoms with Crippen LogP contribution in [0.4, 0.5) is 0 Å². The highest BCUT2D eigenvalue weighted by molar-refractivity contribution is 9.10. The molecule has 18 heavy (non-hydrogen) atoms. The summed E-state index contributed by atoms with van der Waals surface area (Å²) in [6.45, 7) is 2.42. The quantitative estimate of drug-likeness (QED) is 0.890. The Labute approximate surface area is 120 Å². The normalized spacial score (nSPS) is 10.4. The number of halogens is 2. The second-order valence-corrected chi connectivity index (χ2v) is 5.31. The van der Waals surface area contributed by atoms with Gasteiger partial charge in [0.25, 0.3) is 0 Å². The molecule has 0 aromatic heterocycles. The Kier molecular flexibility index (Phi) is 4.27. The maximum Gasteiger partial charge on any atom is 0.146 e. The van der Waals surface area contributed by atoms with Crippen molar-refractivity contribution in [2.75, 3.05) is 0 Å². The van der Waals surface area contributed by atoms with E-state index in [0.717, 1.165) is 21.3 Å². The second-order valence-electron chi connectivity index (χ2n) is 3.99. The number of hydrogen-bond acceptors (Lipinski definition) is 2. The first-order chi connectivity index (χ1) is 8.60. The lowest BCUT2D eigenvalue weighted by Crippen LogP contribution is -1.99. The van der Waals surface area contributed by atoms with E-state index in [0.29, 0.717) is 17.3 Å². The van der Waals surface area contributed by atoms with E-state index >= 15 is 0 Å². The third-order valence-electron chi connectivity index (χ3n) is 2.56. The zero-order valence-electron chi connectivity index (χ0n) is 9.91. The summed E-state index contributed by atoms with van der Waals surface area (Å²) < 4.78 is 6.79. The molecular weight excluding hydrogens is 314 g/mol. The smallest absolute Gasteiger partial charge is 0.146 e. The summed E-state index contributed by atoms with van der Waals surface area (Å²) in [6.07, 6.45) is 0. The van der Waals surface area contributed by atoms with Gasteiger partial charge in [0.15, 0.2) is 0 Å². The first-order valence-corrected chi connectivity index (χ1v) is 6.70. The molecule has 0 unspecified atom stereocenters. The van der Waals surface area contributed by atoms with Crippen LogP contribution in [0.1, 0.15) is 11.1 Å². The summed E-state index contributed by atoms with van der Waals surface area (Å²) in [6, 6.07) is 11.4. The molecule has 94 valence electrons. The first kappa shape index (κ1) is 13.4. The third kappa shape index (κ3) is 3.05. The number of aryl methyl sites for hydroxylation is 1. The Morgan fingerprint density at radius 3 is 2.67 bits per heavy atom. The molecule has 4 heteroatoms. The van der Waals surface area contributed by atoms with Crippen LogP contribution >= 0.6 is 27.5 Å². The Morgan fingerprint density at radius 1 is 1.17 bits per heavy atom. The summed E-state index contributed by atoms with van der Waals surface area (Å²) in [4.78, 5) is 0. The molecule has 0 radical (unpaired) electrons. The highest BCUT2D eigenvalue weighted by Crippen LogP contribution is 2.33. The zero-order chi connectivity index (χ0) is 13.1. The van der Waals surface area contributed by atoms with Crippen molar-refractivity contribution >= 4 is 27.5 Å². The Hall–Kier alpha value is -1.03. The fraction of sp³-hybridized carbons (Fsp3) is 0.143. The molecule has 0 amide bonds. The fourth-order valence-electron chi connectivity index (χ4n) is 1.60. The third-order valence-corrected chi connectivity index (χ3v) is 3.36. The molecule has 2 rings (SSSR count). The SMILES string of the molecule is Cc1ccc(Cl)c(Oc2cc(Br)ccc2CN)c1. The predicted octanol–water partition coefficient (Wildman–Crippen LogP) is 4.66. The number of ether oxygens (including phenoxy) is 1. The van der Waals surface area contributed by atoms with Crippen molar-refractivity contribution in [3.63, 3.8) is 0 Å². The van der Waals surface area contributed by atoms with Gasteiger partial charge in [0.1, 0.15) is 11.5 Å². The summed E-state index contributed by atoms with van der Waals surface area (Å²) in [5.74, 6) is 1.36. The fourth-order valence-corrected chi connectivity index (χ4v) is 2.10. The second kappa shape index (κ2) is 5.74. The lowest BCUT2D eigenvalue weighted by molar-refractivity contribution is 0.476. The number of benzene rings is 2. The average Bonchev–Trinajstić information content (AvgIpc) is 2.34. The zero-order valence-corrected chi connectivity index (χ0v) is 12.3. The maximum atomic E-state index is 6.11. The molecule has 0 atom stereocenters. The molecule has 0 heterocycles. The minimum absolute atomic E-state index is 0.423. The van der Waals surface area contributed by atoms with Gasteiger partial charge in [-0.25, -0.2) is 0 Å². The number of nitrogens with two attached hydrogens (primary N) is 1. The predicted molar refractivity (Wildman–Crippen MR) is 78.3 cm³/mol. The van der Waals surface area contributed by atoms with Crippen LogP contribution in [0.15, 0.2) is 40.9 Å². The molecule has 2 N–H and O–H groups in total. The van der Waals surface area contributed by atoms with Gasteiger partial charge < -0.3 is 10.5 Å². The topological polar surface area (TPSA) is 35.2 Å². The van der Waals surface area contributed by atoms with Crippen LogP contribution in [0, 0.1) is 6.92 Å². The standard InChI is InChI=1S/C14H13BrClNO/c1-9-2-5-12(16)14(6-9)18-13-7-11(15)4-3-10(13)8-17/h2-7H,8,17H2,1H3. The van der Waals surface area contributed by atoms with E-state index in [9.17, 15) is 0 Å². The molecule has 2 nitrogen and oxygen atoms in total. The van der Waals surface area contributed by atoms with Gasteiger partial charge >= 0.3 is 0 Å². The lowest BCUT2D eigenvalue weighted by Gasteiger charge is -2.12. The molecule has 0 bridgehead atoms. The van der Waals surface area contributed by atoms with Crippen LogP contribution in [-0.4, -0.2) is 0 Å². The molecule has 2 aromatic rings. The molecule has 0 saturated carbocycles. The largest absolute Gasteiger partial charge is 0.455 e. The molecule has 0 fully saturated rings. The van der Waals surface area contributed by atoms with Gasteiger partial charge in [-0.15, -0.1) is 0 Å². The molecule has 0 aliphatic heterocycles. The van der Waals surface area contributed by atoms with Crippen LogP contribution in [0.5, 0.6) is 11.5 Å². The van der Waals surface area contributed by atoms with Crippen molar-refractivity contribution < 1.29 is 4.74 Å². The summed E-state index contributed by atoms with van der Waals surface area (Å²) >= 11 is 9.53. The monoisotopic (exact) mass is 325 g/mol. The van der Waals surface area contributed by atoms with Crippen LogP contribution < -0.4 is 10.5 Å². The number of rotatable bonds is 3. The van der Waals surface area contributed by atoms with Crippen molar-refractivity contribution in [1.82, 2.24) is 0 Å². The molecule has 0 aliphatic rings. The van der Waals surface area contributed by atoms with E-state index < -0.39 is 0 Å². The van der Waals surface area contributed by atoms with Crippen molar-refractivity contribution in [3.05, 3.63) is 57.0 Å². The molecule has 0 spiro atoms. The van der Waals surface area contributed by atoms with Crippen molar-refractivity contribution in [2.45, 2.75) is 13.5 Å². The Balaban J connectivity index is 2.38.